The fourth-order valence-corrected chi connectivity index (χ4v) is 3.57. The third-order valence-electron chi connectivity index (χ3n) is 2.11. The first kappa shape index (κ1) is 11.7. The molecule has 0 unspecified atom stereocenters. The van der Waals surface area contributed by atoms with E-state index in [1.165, 1.54) is 17.4 Å². The highest BCUT2D eigenvalue weighted by molar-refractivity contribution is 7.89. The first-order valence-electron chi connectivity index (χ1n) is 4.62. The molecule has 0 aliphatic rings. The molecule has 1 N–H and O–H groups in total. The molecule has 1 heterocycles. The largest absolute Gasteiger partial charge is 0.280 e. The number of rotatable bonds is 4. The second-order valence-electron chi connectivity index (χ2n) is 3.17. The maximum Gasteiger partial charge on any atom is 0.280 e. The van der Waals surface area contributed by atoms with Crippen LogP contribution < -0.4 is 4.83 Å². The highest BCUT2D eigenvalue weighted by Gasteiger charge is 2.20. The summed E-state index contributed by atoms with van der Waals surface area (Å²) in [5.41, 5.74) is 0.786. The van der Waals surface area contributed by atoms with Gasteiger partial charge in [0.1, 0.15) is 4.90 Å². The fourth-order valence-electron chi connectivity index (χ4n) is 1.41. The smallest absolute Gasteiger partial charge is 0.200 e. The third-order valence-corrected chi connectivity index (χ3v) is 4.44. The molecule has 0 radical (unpaired) electrons. The van der Waals surface area contributed by atoms with Crippen molar-refractivity contribution in [3.8, 4) is 10.4 Å². The SMILES string of the molecule is O=NNS(=O)(=O)c1ccsc1-c1ccccc1. The summed E-state index contributed by atoms with van der Waals surface area (Å²) in [5, 5.41) is 3.87. The molecule has 0 spiro atoms. The zero-order chi connectivity index (χ0) is 12.3. The average Bonchev–Trinajstić information content (AvgIpc) is 2.79. The number of benzene rings is 1. The first-order chi connectivity index (χ1) is 8.15. The Morgan fingerprint density at radius 3 is 2.47 bits per heavy atom. The summed E-state index contributed by atoms with van der Waals surface area (Å²) in [6, 6.07) is 10.5. The van der Waals surface area contributed by atoms with Gasteiger partial charge in [-0.05, 0) is 17.0 Å². The van der Waals surface area contributed by atoms with Crippen molar-refractivity contribution in [3.63, 3.8) is 0 Å². The molecule has 1 aromatic carbocycles. The van der Waals surface area contributed by atoms with Crippen LogP contribution in [-0.2, 0) is 10.0 Å². The zero-order valence-corrected chi connectivity index (χ0v) is 10.2. The van der Waals surface area contributed by atoms with Crippen molar-refractivity contribution in [3.05, 3.63) is 46.7 Å². The molecular formula is C10H8N2O3S2. The van der Waals surface area contributed by atoms with E-state index in [2.05, 4.69) is 5.29 Å². The van der Waals surface area contributed by atoms with Gasteiger partial charge in [-0.25, -0.2) is 0 Å². The molecule has 2 rings (SSSR count). The molecule has 17 heavy (non-hydrogen) atoms. The predicted molar refractivity (Wildman–Crippen MR) is 65.9 cm³/mol. The Bertz CT molecular complexity index is 620. The van der Waals surface area contributed by atoms with Crippen LogP contribution in [0.15, 0.2) is 52.0 Å². The molecule has 0 aliphatic heterocycles. The van der Waals surface area contributed by atoms with Crippen LogP contribution in [0.2, 0.25) is 0 Å². The van der Waals surface area contributed by atoms with Gasteiger partial charge in [0.2, 0.25) is 0 Å². The van der Waals surface area contributed by atoms with E-state index in [-0.39, 0.29) is 4.90 Å². The summed E-state index contributed by atoms with van der Waals surface area (Å²) in [5.74, 6) is 0. The molecular weight excluding hydrogens is 260 g/mol. The van der Waals surface area contributed by atoms with Crippen LogP contribution in [0, 0.1) is 4.91 Å². The molecule has 2 aromatic rings. The minimum absolute atomic E-state index is 0.0632. The lowest BCUT2D eigenvalue weighted by Gasteiger charge is -2.03. The molecule has 0 atom stereocenters. The molecule has 7 heteroatoms. The Balaban J connectivity index is 2.53. The van der Waals surface area contributed by atoms with Gasteiger partial charge in [-0.1, -0.05) is 30.3 Å². The van der Waals surface area contributed by atoms with E-state index in [0.29, 0.717) is 4.88 Å². The zero-order valence-electron chi connectivity index (χ0n) is 8.53. The Kier molecular flexibility index (Phi) is 3.21. The summed E-state index contributed by atoms with van der Waals surface area (Å²) in [7, 11) is -3.86. The van der Waals surface area contributed by atoms with Crippen LogP contribution in [0.25, 0.3) is 10.4 Å². The lowest BCUT2D eigenvalue weighted by atomic mass is 10.2. The first-order valence-corrected chi connectivity index (χ1v) is 6.98. The van der Waals surface area contributed by atoms with Gasteiger partial charge in [-0.3, -0.25) is 0 Å². The topological polar surface area (TPSA) is 75.6 Å². The summed E-state index contributed by atoms with van der Waals surface area (Å²) >= 11 is 1.29. The van der Waals surface area contributed by atoms with Gasteiger partial charge in [0.15, 0.2) is 0 Å². The van der Waals surface area contributed by atoms with E-state index in [1.54, 1.807) is 22.3 Å². The van der Waals surface area contributed by atoms with Crippen LogP contribution in [0.3, 0.4) is 0 Å². The van der Waals surface area contributed by atoms with Crippen LogP contribution >= 0.6 is 11.3 Å². The molecule has 0 saturated heterocycles. The minimum atomic E-state index is -3.86. The van der Waals surface area contributed by atoms with E-state index >= 15 is 0 Å². The van der Waals surface area contributed by atoms with E-state index in [1.807, 2.05) is 18.2 Å². The van der Waals surface area contributed by atoms with Crippen LogP contribution in [-0.4, -0.2) is 8.42 Å². The van der Waals surface area contributed by atoms with Gasteiger partial charge in [-0.15, -0.1) is 16.2 Å². The summed E-state index contributed by atoms with van der Waals surface area (Å²) < 4.78 is 23.4. The Hall–Kier alpha value is -1.73. The Morgan fingerprint density at radius 2 is 1.82 bits per heavy atom. The number of nitrogens with one attached hydrogen (secondary N) is 1. The second-order valence-corrected chi connectivity index (χ2v) is 5.71. The normalized spacial score (nSPS) is 11.1. The van der Waals surface area contributed by atoms with Crippen molar-refractivity contribution < 1.29 is 8.42 Å². The van der Waals surface area contributed by atoms with Gasteiger partial charge >= 0.3 is 0 Å². The van der Waals surface area contributed by atoms with Crippen molar-refractivity contribution in [1.82, 2.24) is 4.83 Å². The standard InChI is InChI=1S/C10H8N2O3S2/c13-11-12-17(14,15)9-6-7-16-10(9)8-4-2-1-3-5-8/h1-7H,(H,12,13). The molecule has 0 aliphatic carbocycles. The molecule has 0 bridgehead atoms. The molecule has 5 nitrogen and oxygen atoms in total. The second kappa shape index (κ2) is 4.64. The summed E-state index contributed by atoms with van der Waals surface area (Å²) in [4.78, 5) is 12.3. The van der Waals surface area contributed by atoms with Crippen molar-refractivity contribution in [2.75, 3.05) is 0 Å². The predicted octanol–water partition coefficient (Wildman–Crippen LogP) is 2.37. The van der Waals surface area contributed by atoms with Crippen molar-refractivity contribution in [1.29, 1.82) is 0 Å². The molecule has 0 fully saturated rings. The van der Waals surface area contributed by atoms with E-state index in [0.717, 1.165) is 5.56 Å². The van der Waals surface area contributed by atoms with Gasteiger partial charge in [-0.2, -0.15) is 13.2 Å². The highest BCUT2D eigenvalue weighted by Crippen LogP contribution is 2.32. The molecule has 1 aromatic heterocycles. The van der Waals surface area contributed by atoms with E-state index in [4.69, 9.17) is 0 Å². The number of nitroso groups, excluding NO2 is 1. The number of thiophene rings is 1. The monoisotopic (exact) mass is 268 g/mol. The van der Waals surface area contributed by atoms with E-state index < -0.39 is 10.0 Å². The summed E-state index contributed by atoms with van der Waals surface area (Å²) in [6.07, 6.45) is 0. The molecule has 0 amide bonds. The fraction of sp³-hybridized carbons (Fsp3) is 0. The average molecular weight is 268 g/mol. The van der Waals surface area contributed by atoms with Gasteiger partial charge < -0.3 is 0 Å². The number of hydrogen-bond donors (Lipinski definition) is 1. The van der Waals surface area contributed by atoms with Gasteiger partial charge in [0, 0.05) is 0 Å². The van der Waals surface area contributed by atoms with Crippen molar-refractivity contribution in [2.45, 2.75) is 4.90 Å². The van der Waals surface area contributed by atoms with E-state index in [9.17, 15) is 13.3 Å². The quantitative estimate of drug-likeness (QED) is 0.683. The lowest BCUT2D eigenvalue weighted by Crippen LogP contribution is -2.17. The summed E-state index contributed by atoms with van der Waals surface area (Å²) in [6.45, 7) is 0. The van der Waals surface area contributed by atoms with Gasteiger partial charge in [0.05, 0.1) is 10.2 Å². The maximum absolute atomic E-state index is 11.7. The minimum Gasteiger partial charge on any atom is -0.200 e. The number of hydrogen-bond acceptors (Lipinski definition) is 5. The van der Waals surface area contributed by atoms with Gasteiger partial charge in [0.25, 0.3) is 10.0 Å². The number of sulfonamides is 1. The van der Waals surface area contributed by atoms with Crippen LogP contribution in [0.5, 0.6) is 0 Å². The van der Waals surface area contributed by atoms with Crippen LogP contribution in [0.4, 0.5) is 0 Å². The maximum atomic E-state index is 11.7. The highest BCUT2D eigenvalue weighted by atomic mass is 32.2. The number of nitrogens with zero attached hydrogens (tertiary/aromatic N) is 1. The third kappa shape index (κ3) is 2.34. The van der Waals surface area contributed by atoms with Crippen molar-refractivity contribution in [2.24, 2.45) is 5.29 Å². The Labute approximate surface area is 102 Å². The Morgan fingerprint density at radius 1 is 1.12 bits per heavy atom. The lowest BCUT2D eigenvalue weighted by molar-refractivity contribution is 0.584. The van der Waals surface area contributed by atoms with Crippen molar-refractivity contribution >= 4 is 21.4 Å². The van der Waals surface area contributed by atoms with Crippen LogP contribution in [0.1, 0.15) is 0 Å². The molecule has 88 valence electrons. The molecule has 0 saturated carbocycles.